The topological polar surface area (TPSA) is 84.3 Å². The molecular weight excluding hydrogens is 399 g/mol. The van der Waals surface area contributed by atoms with E-state index in [-0.39, 0.29) is 12.6 Å². The van der Waals surface area contributed by atoms with Crippen LogP contribution in [0.3, 0.4) is 0 Å². The largest absolute Gasteiger partial charge is 0.462 e. The Kier molecular flexibility index (Phi) is 6.91. The first-order valence-electron chi connectivity index (χ1n) is 9.20. The van der Waals surface area contributed by atoms with E-state index in [0.29, 0.717) is 42.4 Å². The van der Waals surface area contributed by atoms with Crippen molar-refractivity contribution in [3.63, 3.8) is 0 Å². The maximum atomic E-state index is 12.6. The number of alkyl halides is 3. The van der Waals surface area contributed by atoms with Gasteiger partial charge in [0.25, 0.3) is 0 Å². The summed E-state index contributed by atoms with van der Waals surface area (Å²) in [5, 5.41) is 10.9. The van der Waals surface area contributed by atoms with Crippen molar-refractivity contribution in [3.05, 3.63) is 66.2 Å². The number of aliphatic hydroxyl groups excluding tert-OH is 1. The van der Waals surface area contributed by atoms with Gasteiger partial charge >= 0.3 is 12.2 Å². The van der Waals surface area contributed by atoms with Crippen molar-refractivity contribution < 1.29 is 23.0 Å². The number of aromatic nitrogens is 4. The molecule has 2 aromatic heterocycles. The van der Waals surface area contributed by atoms with Gasteiger partial charge in [-0.05, 0) is 12.6 Å². The summed E-state index contributed by atoms with van der Waals surface area (Å²) in [6, 6.07) is 8.81. The van der Waals surface area contributed by atoms with Crippen molar-refractivity contribution >= 4 is 0 Å². The van der Waals surface area contributed by atoms with Crippen LogP contribution in [0.5, 0.6) is 6.01 Å². The number of benzene rings is 1. The fraction of sp³-hybridized carbons (Fsp3) is 0.300. The third-order valence-corrected chi connectivity index (χ3v) is 4.36. The molecule has 0 bridgehead atoms. The highest BCUT2D eigenvalue weighted by Crippen LogP contribution is 2.29. The molecule has 7 nitrogen and oxygen atoms in total. The molecule has 30 heavy (non-hydrogen) atoms. The Morgan fingerprint density at radius 3 is 2.33 bits per heavy atom. The Morgan fingerprint density at radius 2 is 1.70 bits per heavy atom. The minimum atomic E-state index is -4.50. The Balaban J connectivity index is 1.66. The van der Waals surface area contributed by atoms with Crippen LogP contribution >= 0.6 is 0 Å². The number of rotatable bonds is 8. The first kappa shape index (κ1) is 21.6. The van der Waals surface area contributed by atoms with Crippen LogP contribution in [0.4, 0.5) is 13.2 Å². The Hall–Kier alpha value is -3.11. The van der Waals surface area contributed by atoms with Gasteiger partial charge < -0.3 is 9.84 Å². The van der Waals surface area contributed by atoms with E-state index in [9.17, 15) is 18.3 Å². The number of hydrogen-bond donors (Lipinski definition) is 1. The summed E-state index contributed by atoms with van der Waals surface area (Å²) in [7, 11) is 0. The van der Waals surface area contributed by atoms with Gasteiger partial charge in [0.05, 0.1) is 5.56 Å². The molecule has 0 radical (unpaired) electrons. The van der Waals surface area contributed by atoms with Crippen LogP contribution in [0.25, 0.3) is 11.4 Å². The number of halogens is 3. The molecule has 0 aliphatic carbocycles. The van der Waals surface area contributed by atoms with E-state index in [4.69, 9.17) is 4.74 Å². The third-order valence-electron chi connectivity index (χ3n) is 4.36. The summed E-state index contributed by atoms with van der Waals surface area (Å²) in [4.78, 5) is 17.4. The second kappa shape index (κ2) is 9.59. The number of likely N-dealkylation sites (N-methyl/N-ethyl adjacent to an activating group) is 1. The standard InChI is InChI=1S/C20H20F3N5O2/c1-2-28(10-11-30-19-26-12-14(13-27-19)20(21,22)23)18(29)16-7-4-3-6-15(16)17-24-8-5-9-25-17/h3-9,12-13,18,29H,2,10-11H2,1H3. The summed E-state index contributed by atoms with van der Waals surface area (Å²) in [5.41, 5.74) is 0.396. The molecule has 1 aromatic carbocycles. The summed E-state index contributed by atoms with van der Waals surface area (Å²) in [6.45, 7) is 2.76. The zero-order chi connectivity index (χ0) is 21.6. The summed E-state index contributed by atoms with van der Waals surface area (Å²) >= 11 is 0. The molecule has 0 saturated carbocycles. The fourth-order valence-electron chi connectivity index (χ4n) is 2.81. The lowest BCUT2D eigenvalue weighted by molar-refractivity contribution is -0.138. The zero-order valence-corrected chi connectivity index (χ0v) is 16.1. The van der Waals surface area contributed by atoms with E-state index < -0.39 is 18.0 Å². The first-order chi connectivity index (χ1) is 14.4. The maximum absolute atomic E-state index is 12.6. The smallest absolute Gasteiger partial charge is 0.419 e. The molecule has 0 saturated heterocycles. The predicted octanol–water partition coefficient (Wildman–Crippen LogP) is 3.34. The maximum Gasteiger partial charge on any atom is 0.419 e. The van der Waals surface area contributed by atoms with Crippen LogP contribution < -0.4 is 4.74 Å². The second-order valence-electron chi connectivity index (χ2n) is 6.26. The predicted molar refractivity (Wildman–Crippen MR) is 102 cm³/mol. The summed E-state index contributed by atoms with van der Waals surface area (Å²) < 4.78 is 43.0. The lowest BCUT2D eigenvalue weighted by Gasteiger charge is -2.27. The van der Waals surface area contributed by atoms with E-state index in [1.54, 1.807) is 29.4 Å². The Labute approximate surface area is 171 Å². The zero-order valence-electron chi connectivity index (χ0n) is 16.1. The van der Waals surface area contributed by atoms with E-state index in [1.165, 1.54) is 0 Å². The molecule has 1 N–H and O–H groups in total. The molecule has 2 heterocycles. The van der Waals surface area contributed by atoms with Crippen LogP contribution in [0.2, 0.25) is 0 Å². The van der Waals surface area contributed by atoms with Crippen LogP contribution in [-0.4, -0.2) is 49.6 Å². The number of aliphatic hydroxyl groups is 1. The summed E-state index contributed by atoms with van der Waals surface area (Å²) in [6.07, 6.45) is -0.859. The number of ether oxygens (including phenoxy) is 1. The Morgan fingerprint density at radius 1 is 1.03 bits per heavy atom. The van der Waals surface area contributed by atoms with Gasteiger partial charge in [-0.15, -0.1) is 0 Å². The minimum absolute atomic E-state index is 0.0836. The van der Waals surface area contributed by atoms with Gasteiger partial charge in [0, 0.05) is 42.5 Å². The van der Waals surface area contributed by atoms with Crippen LogP contribution in [0.1, 0.15) is 24.3 Å². The molecule has 3 rings (SSSR count). The van der Waals surface area contributed by atoms with E-state index in [2.05, 4.69) is 19.9 Å². The van der Waals surface area contributed by atoms with E-state index >= 15 is 0 Å². The molecule has 1 atom stereocenters. The first-order valence-corrected chi connectivity index (χ1v) is 9.20. The van der Waals surface area contributed by atoms with Gasteiger partial charge in [0.2, 0.25) is 0 Å². The van der Waals surface area contributed by atoms with Crippen LogP contribution in [-0.2, 0) is 6.18 Å². The van der Waals surface area contributed by atoms with Crippen molar-refractivity contribution in [1.29, 1.82) is 0 Å². The SMILES string of the molecule is CCN(CCOc1ncc(C(F)(F)F)cn1)C(O)c1ccccc1-c1ncccn1. The quantitative estimate of drug-likeness (QED) is 0.561. The van der Waals surface area contributed by atoms with Gasteiger partial charge in [0.1, 0.15) is 12.8 Å². The Bertz CT molecular complexity index is 939. The fourth-order valence-corrected chi connectivity index (χ4v) is 2.81. The van der Waals surface area contributed by atoms with Crippen molar-refractivity contribution in [2.45, 2.75) is 19.3 Å². The van der Waals surface area contributed by atoms with Crippen molar-refractivity contribution in [1.82, 2.24) is 24.8 Å². The minimum Gasteiger partial charge on any atom is -0.462 e. The highest BCUT2D eigenvalue weighted by molar-refractivity contribution is 5.60. The average Bonchev–Trinajstić information content (AvgIpc) is 2.76. The van der Waals surface area contributed by atoms with E-state index in [0.717, 1.165) is 0 Å². The molecule has 3 aromatic rings. The molecule has 0 fully saturated rings. The molecule has 0 amide bonds. The average molecular weight is 419 g/mol. The highest BCUT2D eigenvalue weighted by Gasteiger charge is 2.31. The molecular formula is C20H20F3N5O2. The molecule has 10 heteroatoms. The molecule has 1 unspecified atom stereocenters. The van der Waals surface area contributed by atoms with Crippen LogP contribution in [0, 0.1) is 0 Å². The van der Waals surface area contributed by atoms with Gasteiger partial charge in [-0.25, -0.2) is 19.9 Å². The van der Waals surface area contributed by atoms with E-state index in [1.807, 2.05) is 25.1 Å². The molecule has 158 valence electrons. The number of hydrogen-bond acceptors (Lipinski definition) is 7. The van der Waals surface area contributed by atoms with Crippen molar-refractivity contribution in [2.24, 2.45) is 0 Å². The number of nitrogens with zero attached hydrogens (tertiary/aromatic N) is 5. The van der Waals surface area contributed by atoms with Gasteiger partial charge in [-0.3, -0.25) is 4.90 Å². The van der Waals surface area contributed by atoms with Crippen LogP contribution in [0.15, 0.2) is 55.1 Å². The van der Waals surface area contributed by atoms with Gasteiger partial charge in [-0.2, -0.15) is 13.2 Å². The van der Waals surface area contributed by atoms with Gasteiger partial charge in [-0.1, -0.05) is 31.2 Å². The lowest BCUT2D eigenvalue weighted by Crippen LogP contribution is -2.33. The van der Waals surface area contributed by atoms with Crippen molar-refractivity contribution in [2.75, 3.05) is 19.7 Å². The molecule has 0 aliphatic rings. The molecule has 0 spiro atoms. The normalized spacial score (nSPS) is 12.7. The summed E-state index contributed by atoms with van der Waals surface area (Å²) in [5.74, 6) is 0.498. The monoisotopic (exact) mass is 419 g/mol. The van der Waals surface area contributed by atoms with Gasteiger partial charge in [0.15, 0.2) is 5.82 Å². The second-order valence-corrected chi connectivity index (χ2v) is 6.26. The highest BCUT2D eigenvalue weighted by atomic mass is 19.4. The molecule has 0 aliphatic heterocycles. The third kappa shape index (κ3) is 5.28. The lowest BCUT2D eigenvalue weighted by atomic mass is 10.0. The van der Waals surface area contributed by atoms with Crippen molar-refractivity contribution in [3.8, 4) is 17.4 Å².